The van der Waals surface area contributed by atoms with E-state index in [-0.39, 0.29) is 31.3 Å². The molecule has 0 aromatic heterocycles. The molecule has 35 heavy (non-hydrogen) atoms. The number of ether oxygens (including phenoxy) is 4. The number of hydrogen-bond donors (Lipinski definition) is 1. The van der Waals surface area contributed by atoms with E-state index in [1.807, 2.05) is 37.3 Å². The number of carbonyl (C=O) groups is 2. The van der Waals surface area contributed by atoms with Gasteiger partial charge < -0.3 is 29.2 Å². The molecule has 2 aromatic rings. The SMILES string of the molecule is CCCNC(=O)N(C)CC(=O)N1N=C(c2ccc(OC)cc2OC)C[C@@H]1c1ccc2c(c1)OCO2. The molecule has 0 fully saturated rings. The summed E-state index contributed by atoms with van der Waals surface area (Å²) in [4.78, 5) is 27.0. The number of amides is 3. The fourth-order valence-corrected chi connectivity index (χ4v) is 4.03. The number of hydrazone groups is 1. The molecule has 2 aliphatic heterocycles. The molecule has 0 aliphatic carbocycles. The monoisotopic (exact) mass is 482 g/mol. The van der Waals surface area contributed by atoms with Gasteiger partial charge in [-0.15, -0.1) is 0 Å². The molecule has 0 radical (unpaired) electrons. The van der Waals surface area contributed by atoms with Crippen molar-refractivity contribution in [2.24, 2.45) is 5.10 Å². The van der Waals surface area contributed by atoms with Crippen LogP contribution in [0.15, 0.2) is 41.5 Å². The summed E-state index contributed by atoms with van der Waals surface area (Å²) in [5.74, 6) is 2.24. The van der Waals surface area contributed by atoms with Gasteiger partial charge in [0.25, 0.3) is 5.91 Å². The zero-order valence-electron chi connectivity index (χ0n) is 20.4. The average Bonchev–Trinajstić information content (AvgIpc) is 3.53. The van der Waals surface area contributed by atoms with Gasteiger partial charge in [-0.25, -0.2) is 9.80 Å². The molecule has 4 rings (SSSR count). The maximum absolute atomic E-state index is 13.4. The first-order valence-corrected chi connectivity index (χ1v) is 11.5. The number of nitrogens with one attached hydrogen (secondary N) is 1. The van der Waals surface area contributed by atoms with Gasteiger partial charge in [-0.2, -0.15) is 5.10 Å². The Kier molecular flexibility index (Phi) is 7.28. The summed E-state index contributed by atoms with van der Waals surface area (Å²) in [6.45, 7) is 2.55. The molecule has 3 amide bonds. The largest absolute Gasteiger partial charge is 0.497 e. The number of fused-ring (bicyclic) bond motifs is 1. The lowest BCUT2D eigenvalue weighted by molar-refractivity contribution is -0.133. The van der Waals surface area contributed by atoms with E-state index >= 15 is 0 Å². The van der Waals surface area contributed by atoms with Crippen molar-refractivity contribution in [3.05, 3.63) is 47.5 Å². The molecular weight excluding hydrogens is 452 g/mol. The van der Waals surface area contributed by atoms with Crippen molar-refractivity contribution in [1.29, 1.82) is 0 Å². The van der Waals surface area contributed by atoms with Crippen molar-refractivity contribution in [3.8, 4) is 23.0 Å². The van der Waals surface area contributed by atoms with E-state index in [2.05, 4.69) is 5.32 Å². The minimum absolute atomic E-state index is 0.118. The maximum Gasteiger partial charge on any atom is 0.317 e. The number of benzene rings is 2. The highest BCUT2D eigenvalue weighted by Crippen LogP contribution is 2.40. The first-order chi connectivity index (χ1) is 16.9. The second-order valence-corrected chi connectivity index (χ2v) is 8.27. The van der Waals surface area contributed by atoms with Crippen molar-refractivity contribution in [1.82, 2.24) is 15.2 Å². The summed E-state index contributed by atoms with van der Waals surface area (Å²) in [7, 11) is 4.76. The predicted molar refractivity (Wildman–Crippen MR) is 129 cm³/mol. The molecule has 1 atom stereocenters. The molecule has 0 spiro atoms. The maximum atomic E-state index is 13.4. The Morgan fingerprint density at radius 2 is 1.94 bits per heavy atom. The predicted octanol–water partition coefficient (Wildman–Crippen LogP) is 3.16. The van der Waals surface area contributed by atoms with Gasteiger partial charge >= 0.3 is 6.03 Å². The van der Waals surface area contributed by atoms with Crippen LogP contribution in [-0.2, 0) is 4.79 Å². The highest BCUT2D eigenvalue weighted by molar-refractivity contribution is 6.05. The third kappa shape index (κ3) is 5.11. The Bertz CT molecular complexity index is 1130. The quantitative estimate of drug-likeness (QED) is 0.620. The number of rotatable bonds is 8. The van der Waals surface area contributed by atoms with Crippen LogP contribution >= 0.6 is 0 Å². The number of methoxy groups -OCH3 is 2. The standard InChI is InChI=1S/C25H30N4O6/c1-5-10-26-25(31)28(2)14-24(30)29-20(16-6-9-21-23(11-16)35-15-34-21)13-19(27-29)18-8-7-17(32-3)12-22(18)33-4/h6-9,11-12,20H,5,10,13-15H2,1-4H3,(H,26,31)/t20-/m1/s1. The Morgan fingerprint density at radius 1 is 1.14 bits per heavy atom. The van der Waals surface area contributed by atoms with Gasteiger partial charge in [0.1, 0.15) is 18.0 Å². The van der Waals surface area contributed by atoms with Gasteiger partial charge in [-0.05, 0) is 36.2 Å². The lowest BCUT2D eigenvalue weighted by atomic mass is 9.97. The van der Waals surface area contributed by atoms with Gasteiger partial charge in [0.2, 0.25) is 6.79 Å². The van der Waals surface area contributed by atoms with E-state index in [9.17, 15) is 9.59 Å². The Labute approximate surface area is 204 Å². The summed E-state index contributed by atoms with van der Waals surface area (Å²) >= 11 is 0. The molecule has 10 nitrogen and oxygen atoms in total. The van der Waals surface area contributed by atoms with Gasteiger partial charge in [-0.3, -0.25) is 4.79 Å². The summed E-state index contributed by atoms with van der Waals surface area (Å²) in [5, 5.41) is 8.92. The zero-order chi connectivity index (χ0) is 24.9. The lowest BCUT2D eigenvalue weighted by Crippen LogP contribution is -2.43. The Hall–Kier alpha value is -3.95. The molecule has 0 bridgehead atoms. The molecule has 186 valence electrons. The van der Waals surface area contributed by atoms with E-state index < -0.39 is 0 Å². The summed E-state index contributed by atoms with van der Waals surface area (Å²) < 4.78 is 21.9. The normalized spacial score (nSPS) is 16.1. The molecule has 2 aromatic carbocycles. The highest BCUT2D eigenvalue weighted by Gasteiger charge is 2.35. The Morgan fingerprint density at radius 3 is 2.69 bits per heavy atom. The van der Waals surface area contributed by atoms with E-state index in [0.717, 1.165) is 17.5 Å². The first kappa shape index (κ1) is 24.2. The Balaban J connectivity index is 1.64. The van der Waals surface area contributed by atoms with E-state index in [4.69, 9.17) is 24.0 Å². The smallest absolute Gasteiger partial charge is 0.317 e. The third-order valence-corrected chi connectivity index (χ3v) is 5.91. The number of hydrogen-bond acceptors (Lipinski definition) is 7. The summed E-state index contributed by atoms with van der Waals surface area (Å²) in [6, 6.07) is 10.4. The number of urea groups is 1. The molecule has 0 saturated heterocycles. The topological polar surface area (TPSA) is 102 Å². The van der Waals surface area contributed by atoms with E-state index in [1.54, 1.807) is 27.3 Å². The van der Waals surface area contributed by atoms with Crippen molar-refractivity contribution >= 4 is 17.6 Å². The third-order valence-electron chi connectivity index (χ3n) is 5.91. The lowest BCUT2D eigenvalue weighted by Gasteiger charge is -2.25. The summed E-state index contributed by atoms with van der Waals surface area (Å²) in [6.07, 6.45) is 1.27. The molecular formula is C25H30N4O6. The second kappa shape index (κ2) is 10.5. The number of likely N-dealkylation sites (N-methyl/N-ethyl adjacent to an activating group) is 1. The number of nitrogens with zero attached hydrogens (tertiary/aromatic N) is 3. The van der Waals surface area contributed by atoms with Gasteiger partial charge in [0, 0.05) is 31.6 Å². The van der Waals surface area contributed by atoms with Crippen LogP contribution in [-0.4, -0.2) is 68.7 Å². The molecule has 0 saturated carbocycles. The zero-order valence-corrected chi connectivity index (χ0v) is 20.4. The molecule has 1 N–H and O–H groups in total. The van der Waals surface area contributed by atoms with Crippen LogP contribution in [0.3, 0.4) is 0 Å². The van der Waals surface area contributed by atoms with Crippen LogP contribution in [0, 0.1) is 0 Å². The van der Waals surface area contributed by atoms with Gasteiger partial charge in [0.05, 0.1) is 26.0 Å². The highest BCUT2D eigenvalue weighted by atomic mass is 16.7. The number of carbonyl (C=O) groups excluding carboxylic acids is 2. The van der Waals surface area contributed by atoms with Crippen LogP contribution in [0.2, 0.25) is 0 Å². The van der Waals surface area contributed by atoms with E-state index in [1.165, 1.54) is 9.91 Å². The molecule has 2 heterocycles. The van der Waals surface area contributed by atoms with Crippen LogP contribution in [0.4, 0.5) is 4.79 Å². The van der Waals surface area contributed by atoms with Crippen molar-refractivity contribution < 1.29 is 28.5 Å². The first-order valence-electron chi connectivity index (χ1n) is 11.5. The minimum atomic E-state index is -0.383. The second-order valence-electron chi connectivity index (χ2n) is 8.27. The van der Waals surface area contributed by atoms with Crippen LogP contribution < -0.4 is 24.3 Å². The van der Waals surface area contributed by atoms with Crippen molar-refractivity contribution in [2.45, 2.75) is 25.8 Å². The van der Waals surface area contributed by atoms with Gasteiger partial charge in [-0.1, -0.05) is 13.0 Å². The van der Waals surface area contributed by atoms with Crippen molar-refractivity contribution in [3.63, 3.8) is 0 Å². The minimum Gasteiger partial charge on any atom is -0.497 e. The average molecular weight is 483 g/mol. The van der Waals surface area contributed by atoms with Crippen LogP contribution in [0.5, 0.6) is 23.0 Å². The van der Waals surface area contributed by atoms with Crippen LogP contribution in [0.25, 0.3) is 0 Å². The molecule has 10 heteroatoms. The molecule has 0 unspecified atom stereocenters. The fraction of sp³-hybridized carbons (Fsp3) is 0.400. The summed E-state index contributed by atoms with van der Waals surface area (Å²) in [5.41, 5.74) is 2.31. The fourth-order valence-electron chi connectivity index (χ4n) is 4.03. The van der Waals surface area contributed by atoms with Gasteiger partial charge in [0.15, 0.2) is 11.5 Å². The molecule has 2 aliphatic rings. The van der Waals surface area contributed by atoms with Crippen LogP contribution in [0.1, 0.15) is 36.9 Å². The van der Waals surface area contributed by atoms with Crippen molar-refractivity contribution in [2.75, 3.05) is 41.1 Å². The van der Waals surface area contributed by atoms with E-state index in [0.29, 0.717) is 41.7 Å².